The summed E-state index contributed by atoms with van der Waals surface area (Å²) in [7, 11) is 0. The number of hydrogen-bond donors (Lipinski definition) is 7. The molecule has 0 unspecified atom stereocenters. The number of nitrogens with one attached hydrogen (secondary N) is 6. The highest BCUT2D eigenvalue weighted by atomic mass is 16.2. The zero-order chi connectivity index (χ0) is 35.1. The fourth-order valence-corrected chi connectivity index (χ4v) is 4.97. The molecule has 15 heteroatoms. The number of primary amides is 1. The van der Waals surface area contributed by atoms with Gasteiger partial charge in [0.2, 0.25) is 41.4 Å². The predicted molar refractivity (Wildman–Crippen MR) is 176 cm³/mol. The van der Waals surface area contributed by atoms with Crippen molar-refractivity contribution < 1.29 is 33.6 Å². The van der Waals surface area contributed by atoms with Crippen LogP contribution in [-0.4, -0.2) is 103 Å². The van der Waals surface area contributed by atoms with Crippen LogP contribution in [0.4, 0.5) is 0 Å². The van der Waals surface area contributed by atoms with Crippen LogP contribution in [0.15, 0.2) is 60.7 Å². The first-order valence-corrected chi connectivity index (χ1v) is 15.8. The number of hydrogen-bond acceptors (Lipinski definition) is 8. The summed E-state index contributed by atoms with van der Waals surface area (Å²) in [6, 6.07) is 14.2. The second kappa shape index (κ2) is 18.7. The zero-order valence-corrected chi connectivity index (χ0v) is 27.1. The summed E-state index contributed by atoms with van der Waals surface area (Å²) in [6.45, 7) is 1.90. The monoisotopic (exact) mass is 664 g/mol. The summed E-state index contributed by atoms with van der Waals surface area (Å²) in [5, 5.41) is 15.8. The van der Waals surface area contributed by atoms with E-state index in [1.807, 2.05) is 36.4 Å². The van der Waals surface area contributed by atoms with E-state index in [-0.39, 0.29) is 44.8 Å². The number of nitrogens with two attached hydrogens (primary N) is 1. The van der Waals surface area contributed by atoms with Gasteiger partial charge in [-0.15, -0.1) is 0 Å². The van der Waals surface area contributed by atoms with Gasteiger partial charge in [-0.3, -0.25) is 33.6 Å². The number of carbonyl (C=O) groups excluding carboxylic acids is 7. The van der Waals surface area contributed by atoms with Gasteiger partial charge in [0.1, 0.15) is 18.1 Å². The molecule has 0 saturated carbocycles. The lowest BCUT2D eigenvalue weighted by Crippen LogP contribution is -2.56. The standard InChI is InChI=1S/C33H44N8O7/c1-21-31(46)38-19-28(43)37-20-29(44)41(26(30(34)45)18-24-11-7-4-8-12-24)16-15-36-27(42)13-14-35-25(17-23-9-5-3-6-10-23)33(48)40-22(2)32(47)39-21/h3-12,21-22,25-26,35H,13-20H2,1-2H3,(H2,34,45)(H,36,42)(H,37,43)(H,38,46)(H,39,47)(H,40,48)/t21-,22-,25-,26-/m0/s1. The smallest absolute Gasteiger partial charge is 0.242 e. The maximum Gasteiger partial charge on any atom is 0.242 e. The van der Waals surface area contributed by atoms with Gasteiger partial charge >= 0.3 is 0 Å². The van der Waals surface area contributed by atoms with Gasteiger partial charge in [-0.25, -0.2) is 0 Å². The average molecular weight is 665 g/mol. The summed E-state index contributed by atoms with van der Waals surface area (Å²) < 4.78 is 0. The van der Waals surface area contributed by atoms with Crippen molar-refractivity contribution in [2.45, 2.75) is 57.3 Å². The van der Waals surface area contributed by atoms with E-state index >= 15 is 0 Å². The molecule has 7 amide bonds. The molecule has 0 aliphatic carbocycles. The van der Waals surface area contributed by atoms with Crippen molar-refractivity contribution in [2.75, 3.05) is 32.7 Å². The molecule has 2 aromatic carbocycles. The quantitative estimate of drug-likeness (QED) is 0.180. The molecule has 1 heterocycles. The number of amides is 7. The number of carbonyl (C=O) groups is 7. The lowest BCUT2D eigenvalue weighted by atomic mass is 10.0. The first kappa shape index (κ1) is 37.2. The van der Waals surface area contributed by atoms with E-state index in [0.29, 0.717) is 0 Å². The zero-order valence-electron chi connectivity index (χ0n) is 27.1. The van der Waals surface area contributed by atoms with Crippen LogP contribution in [0, 0.1) is 0 Å². The Hall–Kier alpha value is -5.31. The molecule has 1 saturated heterocycles. The van der Waals surface area contributed by atoms with E-state index in [9.17, 15) is 33.6 Å². The summed E-state index contributed by atoms with van der Waals surface area (Å²) >= 11 is 0. The molecular weight excluding hydrogens is 620 g/mol. The third-order valence-electron chi connectivity index (χ3n) is 7.68. The van der Waals surface area contributed by atoms with Crippen molar-refractivity contribution >= 4 is 41.4 Å². The molecule has 3 rings (SSSR count). The molecule has 1 aliphatic rings. The van der Waals surface area contributed by atoms with Gasteiger partial charge in [0.05, 0.1) is 19.1 Å². The Morgan fingerprint density at radius 2 is 1.35 bits per heavy atom. The molecule has 48 heavy (non-hydrogen) atoms. The van der Waals surface area contributed by atoms with Crippen molar-refractivity contribution in [1.29, 1.82) is 0 Å². The molecule has 0 radical (unpaired) electrons. The average Bonchev–Trinajstić information content (AvgIpc) is 3.07. The van der Waals surface area contributed by atoms with E-state index in [1.165, 1.54) is 18.7 Å². The van der Waals surface area contributed by atoms with Crippen LogP contribution in [0.3, 0.4) is 0 Å². The molecule has 2 aromatic rings. The highest BCUT2D eigenvalue weighted by Crippen LogP contribution is 2.10. The van der Waals surface area contributed by atoms with Gasteiger partial charge in [0.25, 0.3) is 0 Å². The summed E-state index contributed by atoms with van der Waals surface area (Å²) in [4.78, 5) is 91.0. The van der Waals surface area contributed by atoms with Gasteiger partial charge in [-0.2, -0.15) is 0 Å². The Bertz CT molecular complexity index is 1440. The van der Waals surface area contributed by atoms with E-state index < -0.39 is 72.7 Å². The number of rotatable bonds is 6. The van der Waals surface area contributed by atoms with Crippen molar-refractivity contribution in [1.82, 2.24) is 36.8 Å². The number of benzene rings is 2. The Kier molecular flexibility index (Phi) is 14.5. The minimum Gasteiger partial charge on any atom is -0.368 e. The normalized spacial score (nSPS) is 22.0. The van der Waals surface area contributed by atoms with E-state index in [2.05, 4.69) is 31.9 Å². The first-order valence-electron chi connectivity index (χ1n) is 15.8. The van der Waals surface area contributed by atoms with Gasteiger partial charge in [-0.1, -0.05) is 60.7 Å². The van der Waals surface area contributed by atoms with Crippen molar-refractivity contribution in [3.63, 3.8) is 0 Å². The molecule has 0 bridgehead atoms. The van der Waals surface area contributed by atoms with Gasteiger partial charge in [0, 0.05) is 32.5 Å². The molecule has 8 N–H and O–H groups in total. The van der Waals surface area contributed by atoms with Crippen LogP contribution >= 0.6 is 0 Å². The lowest BCUT2D eigenvalue weighted by molar-refractivity contribution is -0.139. The fourth-order valence-electron chi connectivity index (χ4n) is 4.97. The maximum absolute atomic E-state index is 13.3. The topological polar surface area (TPSA) is 221 Å². The molecule has 0 aromatic heterocycles. The van der Waals surface area contributed by atoms with Crippen molar-refractivity contribution in [3.8, 4) is 0 Å². The second-order valence-corrected chi connectivity index (χ2v) is 11.4. The maximum atomic E-state index is 13.3. The molecule has 4 atom stereocenters. The van der Waals surface area contributed by atoms with Crippen LogP contribution < -0.4 is 37.6 Å². The Labute approximate surface area is 279 Å². The highest BCUT2D eigenvalue weighted by molar-refractivity contribution is 5.94. The second-order valence-electron chi connectivity index (χ2n) is 11.4. The molecule has 1 aliphatic heterocycles. The molecule has 1 fully saturated rings. The third kappa shape index (κ3) is 12.1. The van der Waals surface area contributed by atoms with E-state index in [4.69, 9.17) is 5.73 Å². The summed E-state index contributed by atoms with van der Waals surface area (Å²) in [5.74, 6) is -4.23. The van der Waals surface area contributed by atoms with Crippen LogP contribution in [0.25, 0.3) is 0 Å². The largest absolute Gasteiger partial charge is 0.368 e. The Morgan fingerprint density at radius 3 is 2.00 bits per heavy atom. The van der Waals surface area contributed by atoms with E-state index in [0.717, 1.165) is 11.1 Å². The SMILES string of the molecule is C[C@@H]1NC(=O)[C@H](C)NC(=O)[C@H](Cc2ccccc2)NCCC(=O)NCCN([C@@H](Cc2ccccc2)C(N)=O)C(=O)CNC(=O)CNC1=O. The van der Waals surface area contributed by atoms with Crippen molar-refractivity contribution in [3.05, 3.63) is 71.8 Å². The molecular formula is C33H44N8O7. The summed E-state index contributed by atoms with van der Waals surface area (Å²) in [5.41, 5.74) is 7.32. The minimum absolute atomic E-state index is 0.0193. The number of nitrogens with zero attached hydrogens (tertiary/aromatic N) is 1. The van der Waals surface area contributed by atoms with Crippen LogP contribution in [0.5, 0.6) is 0 Å². The third-order valence-corrected chi connectivity index (χ3v) is 7.68. The van der Waals surface area contributed by atoms with Crippen LogP contribution in [-0.2, 0) is 46.4 Å². The van der Waals surface area contributed by atoms with Crippen LogP contribution in [0.2, 0.25) is 0 Å². The Balaban J connectivity index is 1.79. The van der Waals surface area contributed by atoms with Gasteiger partial charge in [-0.05, 0) is 31.4 Å². The predicted octanol–water partition coefficient (Wildman–Crippen LogP) is -2.13. The minimum atomic E-state index is -1.08. The Morgan fingerprint density at radius 1 is 0.750 bits per heavy atom. The molecule has 0 spiro atoms. The van der Waals surface area contributed by atoms with Crippen molar-refractivity contribution in [2.24, 2.45) is 5.73 Å². The highest BCUT2D eigenvalue weighted by Gasteiger charge is 2.29. The van der Waals surface area contributed by atoms with Crippen LogP contribution in [0.1, 0.15) is 31.4 Å². The molecule has 15 nitrogen and oxygen atoms in total. The summed E-state index contributed by atoms with van der Waals surface area (Å²) in [6.07, 6.45) is 0.363. The fraction of sp³-hybridized carbons (Fsp3) is 0.424. The van der Waals surface area contributed by atoms with E-state index in [1.54, 1.807) is 24.3 Å². The molecule has 258 valence electrons. The van der Waals surface area contributed by atoms with Gasteiger partial charge in [0.15, 0.2) is 0 Å². The lowest BCUT2D eigenvalue weighted by Gasteiger charge is -2.30. The first-order chi connectivity index (χ1) is 22.9. The van der Waals surface area contributed by atoms with Gasteiger partial charge < -0.3 is 42.5 Å².